The number of nitrogens with zero attached hydrogens (tertiary/aromatic N) is 1. The van der Waals surface area contributed by atoms with Gasteiger partial charge in [-0.15, -0.1) is 0 Å². The summed E-state index contributed by atoms with van der Waals surface area (Å²) in [4.78, 5) is 14.9. The van der Waals surface area contributed by atoms with Crippen LogP contribution in [0.3, 0.4) is 0 Å². The Kier molecular flexibility index (Phi) is 9.16. The van der Waals surface area contributed by atoms with Crippen LogP contribution in [0.15, 0.2) is 63.7 Å². The summed E-state index contributed by atoms with van der Waals surface area (Å²) in [6, 6.07) is -0.882. The largest absolute Gasteiger partial charge is 0.394 e. The molecule has 4 heteroatoms. The molecule has 0 aromatic heterocycles. The highest BCUT2D eigenvalue weighted by atomic mass is 16.3. The van der Waals surface area contributed by atoms with Crippen molar-refractivity contribution in [3.8, 4) is 0 Å². The van der Waals surface area contributed by atoms with Crippen molar-refractivity contribution in [1.29, 1.82) is 0 Å². The molecule has 0 aromatic rings. The predicted molar refractivity (Wildman–Crippen MR) is 115 cm³/mol. The maximum atomic E-state index is 11.0. The molecule has 0 bridgehead atoms. The molecule has 3 N–H and O–H groups in total. The summed E-state index contributed by atoms with van der Waals surface area (Å²) in [5.74, 6) is -0.632. The van der Waals surface area contributed by atoms with Gasteiger partial charge in [-0.05, 0) is 62.7 Å². The standard InChI is InChI=1S/C23H34N2O2/c1-17(11-12-20-19(3)10-7-14-23(20,4)5)8-6-9-18(2)13-15-25-21(16-26)22(24)27/h6,8-9,11-13,15,21,26H,7,10,14,16H2,1-5H3,(H2,24,27)/b9-6+,12-11+,17-8+,18-13+,25-15?/t21-/m0/s1. The van der Waals surface area contributed by atoms with E-state index in [9.17, 15) is 4.79 Å². The lowest BCUT2D eigenvalue weighted by Crippen LogP contribution is -2.29. The van der Waals surface area contributed by atoms with E-state index in [0.717, 1.165) is 5.57 Å². The zero-order valence-electron chi connectivity index (χ0n) is 17.3. The van der Waals surface area contributed by atoms with Crippen molar-refractivity contribution in [3.63, 3.8) is 0 Å². The Labute approximate surface area is 164 Å². The van der Waals surface area contributed by atoms with Crippen LogP contribution in [0.5, 0.6) is 0 Å². The van der Waals surface area contributed by atoms with Crippen LogP contribution in [0.1, 0.15) is 53.9 Å². The lowest BCUT2D eigenvalue weighted by Gasteiger charge is -2.32. The summed E-state index contributed by atoms with van der Waals surface area (Å²) in [5.41, 5.74) is 10.5. The molecule has 1 amide bonds. The lowest BCUT2D eigenvalue weighted by atomic mass is 9.72. The van der Waals surface area contributed by atoms with Gasteiger partial charge in [0.2, 0.25) is 5.91 Å². The maximum absolute atomic E-state index is 11.0. The van der Waals surface area contributed by atoms with Crippen molar-refractivity contribution in [2.45, 2.75) is 59.9 Å². The van der Waals surface area contributed by atoms with Gasteiger partial charge >= 0.3 is 0 Å². The number of aliphatic hydroxyl groups excluding tert-OH is 1. The number of nitrogens with two attached hydrogens (primary N) is 1. The van der Waals surface area contributed by atoms with Gasteiger partial charge in [0, 0.05) is 6.21 Å². The number of carbonyl (C=O) groups is 1. The van der Waals surface area contributed by atoms with Crippen molar-refractivity contribution < 1.29 is 9.90 Å². The van der Waals surface area contributed by atoms with Gasteiger partial charge in [-0.3, -0.25) is 9.79 Å². The molecule has 1 atom stereocenters. The average molecular weight is 371 g/mol. The van der Waals surface area contributed by atoms with Crippen LogP contribution in [-0.2, 0) is 4.79 Å². The minimum atomic E-state index is -0.882. The number of carbonyl (C=O) groups excluding carboxylic acids is 1. The van der Waals surface area contributed by atoms with E-state index in [0.29, 0.717) is 0 Å². The first kappa shape index (κ1) is 22.8. The van der Waals surface area contributed by atoms with Crippen LogP contribution < -0.4 is 5.73 Å². The van der Waals surface area contributed by atoms with Gasteiger partial charge in [-0.2, -0.15) is 0 Å². The van der Waals surface area contributed by atoms with Crippen molar-refractivity contribution >= 4 is 12.1 Å². The van der Waals surface area contributed by atoms with E-state index in [1.165, 1.54) is 42.2 Å². The van der Waals surface area contributed by atoms with E-state index in [-0.39, 0.29) is 12.0 Å². The molecule has 0 fully saturated rings. The number of amides is 1. The summed E-state index contributed by atoms with van der Waals surface area (Å²) in [7, 11) is 0. The fourth-order valence-corrected chi connectivity index (χ4v) is 3.16. The van der Waals surface area contributed by atoms with E-state index in [2.05, 4.69) is 50.9 Å². The van der Waals surface area contributed by atoms with Gasteiger partial charge in [0.05, 0.1) is 6.61 Å². The van der Waals surface area contributed by atoms with E-state index < -0.39 is 11.9 Å². The second kappa shape index (κ2) is 10.8. The Morgan fingerprint density at radius 2 is 1.93 bits per heavy atom. The zero-order chi connectivity index (χ0) is 20.4. The molecular formula is C23H34N2O2. The van der Waals surface area contributed by atoms with Gasteiger partial charge in [-0.25, -0.2) is 0 Å². The van der Waals surface area contributed by atoms with Crippen LogP contribution >= 0.6 is 0 Å². The smallest absolute Gasteiger partial charge is 0.244 e. The van der Waals surface area contributed by atoms with E-state index in [4.69, 9.17) is 10.8 Å². The second-order valence-electron chi connectivity index (χ2n) is 7.84. The van der Waals surface area contributed by atoms with Crippen LogP contribution in [-0.4, -0.2) is 29.9 Å². The molecular weight excluding hydrogens is 336 g/mol. The SMILES string of the molecule is CC1=C(/C=C/C(C)=C/C=C/C(C)=C/C=N[C@@H](CO)C(N)=O)C(C)(C)CCC1. The summed E-state index contributed by atoms with van der Waals surface area (Å²) >= 11 is 0. The fourth-order valence-electron chi connectivity index (χ4n) is 3.16. The molecule has 0 unspecified atom stereocenters. The maximum Gasteiger partial charge on any atom is 0.244 e. The quantitative estimate of drug-likeness (QED) is 0.490. The monoisotopic (exact) mass is 370 g/mol. The Morgan fingerprint density at radius 3 is 2.52 bits per heavy atom. The van der Waals surface area contributed by atoms with Crippen LogP contribution in [0.4, 0.5) is 0 Å². The molecule has 1 rings (SSSR count). The fraction of sp³-hybridized carbons (Fsp3) is 0.478. The highest BCUT2D eigenvalue weighted by Gasteiger charge is 2.26. The van der Waals surface area contributed by atoms with Gasteiger partial charge in [0.15, 0.2) is 6.04 Å². The molecule has 1 aliphatic rings. The van der Waals surface area contributed by atoms with Crippen LogP contribution in [0.2, 0.25) is 0 Å². The number of allylic oxidation sites excluding steroid dienone is 10. The van der Waals surface area contributed by atoms with Gasteiger partial charge in [0.1, 0.15) is 0 Å². The average Bonchev–Trinajstić information content (AvgIpc) is 2.57. The zero-order valence-corrected chi connectivity index (χ0v) is 17.3. The highest BCUT2D eigenvalue weighted by Crippen LogP contribution is 2.40. The van der Waals surface area contributed by atoms with Crippen LogP contribution in [0.25, 0.3) is 0 Å². The Morgan fingerprint density at radius 1 is 1.26 bits per heavy atom. The molecule has 0 spiro atoms. The summed E-state index contributed by atoms with van der Waals surface area (Å²) in [6.45, 7) is 10.5. The third-order valence-electron chi connectivity index (χ3n) is 4.88. The van der Waals surface area contributed by atoms with Crippen molar-refractivity contribution in [2.24, 2.45) is 16.1 Å². The minimum absolute atomic E-state index is 0.255. The Bertz CT molecular complexity index is 704. The van der Waals surface area contributed by atoms with Crippen molar-refractivity contribution in [3.05, 3.63) is 58.7 Å². The topological polar surface area (TPSA) is 75.7 Å². The number of primary amides is 1. The van der Waals surface area contributed by atoms with Gasteiger partial charge in [0.25, 0.3) is 0 Å². The molecule has 0 saturated heterocycles. The van der Waals surface area contributed by atoms with Crippen molar-refractivity contribution in [1.82, 2.24) is 0 Å². The van der Waals surface area contributed by atoms with E-state index in [1.54, 1.807) is 6.08 Å². The van der Waals surface area contributed by atoms with Crippen molar-refractivity contribution in [2.75, 3.05) is 6.61 Å². The first-order chi connectivity index (χ1) is 12.7. The Hall–Kier alpha value is -2.20. The predicted octanol–water partition coefficient (Wildman–Crippen LogP) is 4.44. The van der Waals surface area contributed by atoms with Gasteiger partial charge in [-0.1, -0.05) is 55.4 Å². The number of aliphatic hydroxyl groups is 1. The number of aliphatic imine (C=N–C) groups is 1. The van der Waals surface area contributed by atoms with E-state index in [1.807, 2.05) is 19.1 Å². The molecule has 0 aromatic carbocycles. The number of rotatable bonds is 8. The lowest BCUT2D eigenvalue weighted by molar-refractivity contribution is -0.119. The molecule has 0 heterocycles. The molecule has 4 nitrogen and oxygen atoms in total. The number of hydrogen-bond acceptors (Lipinski definition) is 3. The third-order valence-corrected chi connectivity index (χ3v) is 4.88. The minimum Gasteiger partial charge on any atom is -0.394 e. The molecule has 0 aliphatic heterocycles. The highest BCUT2D eigenvalue weighted by molar-refractivity contribution is 5.83. The normalized spacial score (nSPS) is 20.2. The second-order valence-corrected chi connectivity index (χ2v) is 7.84. The first-order valence-electron chi connectivity index (χ1n) is 9.51. The molecule has 27 heavy (non-hydrogen) atoms. The molecule has 1 aliphatic carbocycles. The molecule has 0 saturated carbocycles. The molecule has 0 radical (unpaired) electrons. The Balaban J connectivity index is 2.71. The third kappa shape index (κ3) is 7.92. The summed E-state index contributed by atoms with van der Waals surface area (Å²) < 4.78 is 0. The van der Waals surface area contributed by atoms with E-state index >= 15 is 0 Å². The first-order valence-corrected chi connectivity index (χ1v) is 9.51. The van der Waals surface area contributed by atoms with Gasteiger partial charge < -0.3 is 10.8 Å². The van der Waals surface area contributed by atoms with Crippen LogP contribution in [0, 0.1) is 5.41 Å². The summed E-state index contributed by atoms with van der Waals surface area (Å²) in [5, 5.41) is 8.99. The summed E-state index contributed by atoms with van der Waals surface area (Å²) in [6.07, 6.45) is 17.5. The number of hydrogen-bond donors (Lipinski definition) is 2. The molecule has 148 valence electrons.